The number of amidine groups is 1. The molecule has 0 aromatic heterocycles. The second kappa shape index (κ2) is 9.18. The number of aliphatic imine (C=N–C) groups is 2. The first kappa shape index (κ1) is 20.4. The van der Waals surface area contributed by atoms with E-state index in [9.17, 15) is 10.1 Å². The summed E-state index contributed by atoms with van der Waals surface area (Å²) in [6.45, 7) is 2.04. The molecule has 0 aliphatic carbocycles. The lowest BCUT2D eigenvalue weighted by atomic mass is 10.2. The number of thioether (sulfide) groups is 1. The summed E-state index contributed by atoms with van der Waals surface area (Å²) in [4.78, 5) is 24.5. The van der Waals surface area contributed by atoms with E-state index < -0.39 is 4.92 Å². The maximum Gasteiger partial charge on any atom is 0.269 e. The van der Waals surface area contributed by atoms with Crippen LogP contribution in [0.4, 0.5) is 11.4 Å². The molecule has 0 N–H and O–H groups in total. The van der Waals surface area contributed by atoms with Crippen LogP contribution in [0.1, 0.15) is 5.56 Å². The summed E-state index contributed by atoms with van der Waals surface area (Å²) in [5.41, 5.74) is 1.82. The van der Waals surface area contributed by atoms with Crippen molar-refractivity contribution >= 4 is 34.3 Å². The van der Waals surface area contributed by atoms with Crippen LogP contribution in [0.5, 0.6) is 0 Å². The molecule has 0 heterocycles. The number of aryl methyl sites for hydroxylation is 1. The number of guanidine groups is 1. The van der Waals surface area contributed by atoms with E-state index in [0.29, 0.717) is 10.9 Å². The van der Waals surface area contributed by atoms with Gasteiger partial charge in [0.2, 0.25) is 5.96 Å². The van der Waals surface area contributed by atoms with Crippen LogP contribution in [0.2, 0.25) is 0 Å². The van der Waals surface area contributed by atoms with Gasteiger partial charge in [-0.1, -0.05) is 17.7 Å². The van der Waals surface area contributed by atoms with E-state index in [1.54, 1.807) is 12.1 Å². The van der Waals surface area contributed by atoms with Gasteiger partial charge < -0.3 is 9.80 Å². The van der Waals surface area contributed by atoms with Gasteiger partial charge in [-0.3, -0.25) is 10.1 Å². The molecule has 0 radical (unpaired) electrons. The number of hydrogen-bond acceptors (Lipinski definition) is 4. The van der Waals surface area contributed by atoms with Crippen molar-refractivity contribution in [3.63, 3.8) is 0 Å². The summed E-state index contributed by atoms with van der Waals surface area (Å²) in [5, 5.41) is 11.4. The van der Waals surface area contributed by atoms with Crippen molar-refractivity contribution in [2.24, 2.45) is 9.98 Å². The first-order valence-corrected chi connectivity index (χ1v) is 9.09. The third-order valence-electron chi connectivity index (χ3n) is 3.51. The van der Waals surface area contributed by atoms with Crippen LogP contribution in [0.3, 0.4) is 0 Å². The summed E-state index contributed by atoms with van der Waals surface area (Å²) in [6, 6.07) is 14.2. The molecular formula is C19H23N5O2S. The van der Waals surface area contributed by atoms with Gasteiger partial charge in [-0.25, -0.2) is 4.99 Å². The molecule has 0 aliphatic rings. The molecule has 7 nitrogen and oxygen atoms in total. The maximum atomic E-state index is 10.8. The van der Waals surface area contributed by atoms with E-state index in [4.69, 9.17) is 4.99 Å². The molecule has 8 heteroatoms. The van der Waals surface area contributed by atoms with Gasteiger partial charge in [-0.15, -0.1) is 0 Å². The van der Waals surface area contributed by atoms with Crippen molar-refractivity contribution < 1.29 is 4.92 Å². The molecular weight excluding hydrogens is 362 g/mol. The number of benzene rings is 2. The first-order valence-electron chi connectivity index (χ1n) is 8.27. The van der Waals surface area contributed by atoms with Crippen molar-refractivity contribution in [1.29, 1.82) is 0 Å². The number of nitro benzene ring substituents is 1. The molecule has 142 valence electrons. The second-order valence-electron chi connectivity index (χ2n) is 6.28. The average molecular weight is 385 g/mol. The van der Waals surface area contributed by atoms with Gasteiger partial charge >= 0.3 is 0 Å². The van der Waals surface area contributed by atoms with E-state index in [1.807, 2.05) is 69.2 Å². The topological polar surface area (TPSA) is 74.3 Å². The molecule has 0 aliphatic heterocycles. The van der Waals surface area contributed by atoms with Gasteiger partial charge in [0.15, 0.2) is 5.17 Å². The minimum absolute atomic E-state index is 0.0347. The Bertz CT molecular complexity index is 833. The van der Waals surface area contributed by atoms with Crippen LogP contribution >= 0.6 is 11.8 Å². The molecule has 0 bridgehead atoms. The van der Waals surface area contributed by atoms with Crippen molar-refractivity contribution in [3.8, 4) is 0 Å². The monoisotopic (exact) mass is 385 g/mol. The van der Waals surface area contributed by atoms with E-state index in [1.165, 1.54) is 29.5 Å². The maximum absolute atomic E-state index is 10.8. The van der Waals surface area contributed by atoms with Crippen LogP contribution in [0.25, 0.3) is 0 Å². The molecule has 0 spiro atoms. The highest BCUT2D eigenvalue weighted by Crippen LogP contribution is 2.25. The Labute approximate surface area is 163 Å². The van der Waals surface area contributed by atoms with Crippen molar-refractivity contribution in [2.75, 3.05) is 28.2 Å². The van der Waals surface area contributed by atoms with Gasteiger partial charge in [-0.2, -0.15) is 4.99 Å². The van der Waals surface area contributed by atoms with Gasteiger partial charge in [-0.05, 0) is 43.0 Å². The number of hydrogen-bond donors (Lipinski definition) is 0. The lowest BCUT2D eigenvalue weighted by Gasteiger charge is -2.22. The third kappa shape index (κ3) is 6.10. The molecule has 2 aromatic carbocycles. The molecule has 0 fully saturated rings. The van der Waals surface area contributed by atoms with Crippen molar-refractivity contribution in [3.05, 3.63) is 64.2 Å². The zero-order valence-corrected chi connectivity index (χ0v) is 16.9. The second-order valence-corrected chi connectivity index (χ2v) is 7.32. The van der Waals surface area contributed by atoms with E-state index in [-0.39, 0.29) is 5.69 Å². The number of rotatable bonds is 3. The third-order valence-corrected chi connectivity index (χ3v) is 4.38. The Hall–Kier alpha value is -2.87. The van der Waals surface area contributed by atoms with Gasteiger partial charge in [0, 0.05) is 45.2 Å². The molecule has 0 saturated carbocycles. The minimum atomic E-state index is -0.427. The summed E-state index contributed by atoms with van der Waals surface area (Å²) in [5.74, 6) is 0.746. The fourth-order valence-electron chi connectivity index (χ4n) is 2.23. The summed E-state index contributed by atoms with van der Waals surface area (Å²) in [6.07, 6.45) is 0. The Morgan fingerprint density at radius 3 is 2.00 bits per heavy atom. The molecule has 2 rings (SSSR count). The number of non-ortho nitro benzene ring substituents is 1. The molecule has 0 amide bonds. The Kier molecular flexibility index (Phi) is 6.95. The highest BCUT2D eigenvalue weighted by Gasteiger charge is 2.10. The lowest BCUT2D eigenvalue weighted by Crippen LogP contribution is -2.35. The Morgan fingerprint density at radius 1 is 0.963 bits per heavy atom. The quantitative estimate of drug-likeness (QED) is 0.261. The van der Waals surface area contributed by atoms with Crippen molar-refractivity contribution in [2.45, 2.75) is 11.8 Å². The molecule has 0 saturated heterocycles. The van der Waals surface area contributed by atoms with Gasteiger partial charge in [0.1, 0.15) is 0 Å². The van der Waals surface area contributed by atoms with Gasteiger partial charge in [0.25, 0.3) is 5.69 Å². The number of nitrogens with zero attached hydrogens (tertiary/aromatic N) is 5. The molecule has 2 aromatic rings. The van der Waals surface area contributed by atoms with Gasteiger partial charge in [0.05, 0.1) is 10.6 Å². The SMILES string of the molecule is Cc1ccc(SC(=Nc2ccc([N+](=O)[O-])cc2)N=C(N(C)C)N(C)C)cc1. The zero-order chi connectivity index (χ0) is 20.0. The lowest BCUT2D eigenvalue weighted by molar-refractivity contribution is -0.384. The summed E-state index contributed by atoms with van der Waals surface area (Å²) >= 11 is 1.44. The largest absolute Gasteiger partial charge is 0.349 e. The summed E-state index contributed by atoms with van der Waals surface area (Å²) in [7, 11) is 7.66. The van der Waals surface area contributed by atoms with E-state index in [0.717, 1.165) is 10.9 Å². The van der Waals surface area contributed by atoms with E-state index in [2.05, 4.69) is 4.99 Å². The first-order chi connectivity index (χ1) is 12.8. The van der Waals surface area contributed by atoms with Crippen LogP contribution in [0, 0.1) is 17.0 Å². The van der Waals surface area contributed by atoms with Crippen LogP contribution in [-0.2, 0) is 0 Å². The Balaban J connectivity index is 2.42. The highest BCUT2D eigenvalue weighted by atomic mass is 32.2. The molecule has 27 heavy (non-hydrogen) atoms. The van der Waals surface area contributed by atoms with E-state index >= 15 is 0 Å². The van der Waals surface area contributed by atoms with Crippen LogP contribution < -0.4 is 0 Å². The predicted molar refractivity (Wildman–Crippen MR) is 112 cm³/mol. The standard InChI is InChI=1S/C19H23N5O2S/c1-14-6-12-17(13-7-14)27-18(21-19(22(2)3)23(4)5)20-15-8-10-16(11-9-15)24(25)26/h6-13H,1-5H3. The fourth-order valence-corrected chi connectivity index (χ4v) is 2.99. The normalized spacial score (nSPS) is 11.1. The number of nitro groups is 1. The predicted octanol–water partition coefficient (Wildman–Crippen LogP) is 4.16. The summed E-state index contributed by atoms with van der Waals surface area (Å²) < 4.78 is 0. The van der Waals surface area contributed by atoms with Crippen LogP contribution in [0.15, 0.2) is 63.4 Å². The molecule has 0 unspecified atom stereocenters. The van der Waals surface area contributed by atoms with Crippen molar-refractivity contribution in [1.82, 2.24) is 9.80 Å². The Morgan fingerprint density at radius 2 is 1.52 bits per heavy atom. The van der Waals surface area contributed by atoms with Crippen LogP contribution in [-0.4, -0.2) is 54.0 Å². The zero-order valence-electron chi connectivity index (χ0n) is 16.1. The fraction of sp³-hybridized carbons (Fsp3) is 0.263. The smallest absolute Gasteiger partial charge is 0.269 e. The minimum Gasteiger partial charge on any atom is -0.349 e. The molecule has 0 atom stereocenters. The average Bonchev–Trinajstić information content (AvgIpc) is 2.61. The highest BCUT2D eigenvalue weighted by molar-refractivity contribution is 8.14.